The van der Waals surface area contributed by atoms with Crippen LogP contribution in [-0.4, -0.2) is 26.3 Å². The van der Waals surface area contributed by atoms with Gasteiger partial charge in [0.1, 0.15) is 5.41 Å². The first-order valence-electron chi connectivity index (χ1n) is 4.03. The van der Waals surface area contributed by atoms with Gasteiger partial charge in [-0.25, -0.2) is 0 Å². The van der Waals surface area contributed by atoms with Gasteiger partial charge in [0.15, 0.2) is 0 Å². The van der Waals surface area contributed by atoms with Crippen LogP contribution >= 0.6 is 0 Å². The molecule has 11 heavy (non-hydrogen) atoms. The lowest BCUT2D eigenvalue weighted by atomic mass is 9.88. The van der Waals surface area contributed by atoms with Crippen molar-refractivity contribution in [1.29, 1.82) is 5.26 Å². The van der Waals surface area contributed by atoms with Gasteiger partial charge in [-0.15, -0.1) is 0 Å². The first-order chi connectivity index (χ1) is 5.33. The molecule has 0 aliphatic carbocycles. The van der Waals surface area contributed by atoms with Gasteiger partial charge < -0.3 is 10.1 Å². The van der Waals surface area contributed by atoms with Crippen LogP contribution in [0.3, 0.4) is 0 Å². The molecule has 3 heteroatoms. The van der Waals surface area contributed by atoms with Crippen molar-refractivity contribution >= 4 is 0 Å². The molecule has 1 fully saturated rings. The van der Waals surface area contributed by atoms with Crippen molar-refractivity contribution in [3.05, 3.63) is 0 Å². The lowest BCUT2D eigenvalue weighted by Gasteiger charge is -2.35. The number of hydrogen-bond donors (Lipinski definition) is 1. The zero-order valence-electron chi connectivity index (χ0n) is 6.89. The summed E-state index contributed by atoms with van der Waals surface area (Å²) in [7, 11) is 0. The third-order valence-corrected chi connectivity index (χ3v) is 1.88. The Kier molecular flexibility index (Phi) is 2.86. The third-order valence-electron chi connectivity index (χ3n) is 1.88. The van der Waals surface area contributed by atoms with Crippen molar-refractivity contribution in [1.82, 2.24) is 5.32 Å². The molecule has 0 atom stereocenters. The molecular weight excluding hydrogens is 140 g/mol. The summed E-state index contributed by atoms with van der Waals surface area (Å²) in [5.41, 5.74) is -0.213. The topological polar surface area (TPSA) is 45.0 Å². The van der Waals surface area contributed by atoms with Crippen LogP contribution < -0.4 is 5.32 Å². The number of nitriles is 1. The molecule has 0 aromatic heterocycles. The Labute approximate surface area is 67.3 Å². The number of ether oxygens (including phenoxy) is 1. The van der Waals surface area contributed by atoms with E-state index >= 15 is 0 Å². The van der Waals surface area contributed by atoms with E-state index in [0.29, 0.717) is 13.2 Å². The van der Waals surface area contributed by atoms with Crippen LogP contribution in [0.1, 0.15) is 13.3 Å². The minimum absolute atomic E-state index is 0.213. The standard InChI is InChI=1S/C8H14N2O/c1-2-3-10-5-8(4-9)6-11-7-8/h10H,2-3,5-7H2,1H3. The van der Waals surface area contributed by atoms with Crippen molar-refractivity contribution < 1.29 is 4.74 Å². The van der Waals surface area contributed by atoms with E-state index in [1.54, 1.807) is 0 Å². The number of hydrogen-bond acceptors (Lipinski definition) is 3. The highest BCUT2D eigenvalue weighted by Crippen LogP contribution is 2.24. The fraction of sp³-hybridized carbons (Fsp3) is 0.875. The smallest absolute Gasteiger partial charge is 0.116 e. The predicted octanol–water partition coefficient (Wildman–Crippen LogP) is 0.526. The highest BCUT2D eigenvalue weighted by Gasteiger charge is 2.38. The van der Waals surface area contributed by atoms with E-state index in [9.17, 15) is 0 Å². The highest BCUT2D eigenvalue weighted by molar-refractivity contribution is 5.05. The monoisotopic (exact) mass is 154 g/mol. The summed E-state index contributed by atoms with van der Waals surface area (Å²) in [4.78, 5) is 0. The number of nitrogens with zero attached hydrogens (tertiary/aromatic N) is 1. The molecule has 1 aliphatic heterocycles. The summed E-state index contributed by atoms with van der Waals surface area (Å²) in [5, 5.41) is 12.0. The Hall–Kier alpha value is -0.590. The van der Waals surface area contributed by atoms with Gasteiger partial charge in [-0.3, -0.25) is 0 Å². The van der Waals surface area contributed by atoms with Crippen molar-refractivity contribution in [2.75, 3.05) is 26.3 Å². The van der Waals surface area contributed by atoms with Gasteiger partial charge in [0.05, 0.1) is 19.3 Å². The maximum atomic E-state index is 8.77. The van der Waals surface area contributed by atoms with Crippen molar-refractivity contribution in [3.8, 4) is 6.07 Å². The summed E-state index contributed by atoms with van der Waals surface area (Å²) in [5.74, 6) is 0. The van der Waals surface area contributed by atoms with Gasteiger partial charge in [0.2, 0.25) is 0 Å². The Morgan fingerprint density at radius 1 is 1.64 bits per heavy atom. The summed E-state index contributed by atoms with van der Waals surface area (Å²) < 4.78 is 5.00. The minimum atomic E-state index is -0.213. The molecule has 0 spiro atoms. The molecule has 1 aliphatic rings. The Balaban J connectivity index is 2.18. The zero-order chi connectivity index (χ0) is 8.16. The van der Waals surface area contributed by atoms with E-state index in [-0.39, 0.29) is 5.41 Å². The summed E-state index contributed by atoms with van der Waals surface area (Å²) in [6.07, 6.45) is 1.11. The first-order valence-corrected chi connectivity index (χ1v) is 4.03. The van der Waals surface area contributed by atoms with E-state index in [1.165, 1.54) is 0 Å². The Morgan fingerprint density at radius 3 is 2.73 bits per heavy atom. The highest BCUT2D eigenvalue weighted by atomic mass is 16.5. The molecule has 0 saturated carbocycles. The van der Waals surface area contributed by atoms with Gasteiger partial charge >= 0.3 is 0 Å². The quantitative estimate of drug-likeness (QED) is 0.601. The number of nitrogens with one attached hydrogen (secondary N) is 1. The molecule has 0 aromatic carbocycles. The molecule has 62 valence electrons. The molecule has 1 heterocycles. The average Bonchev–Trinajstić information content (AvgIpc) is 1.95. The van der Waals surface area contributed by atoms with E-state index in [2.05, 4.69) is 18.3 Å². The van der Waals surface area contributed by atoms with Gasteiger partial charge in [0.25, 0.3) is 0 Å². The summed E-state index contributed by atoms with van der Waals surface area (Å²) in [6.45, 7) is 5.07. The molecule has 0 radical (unpaired) electrons. The van der Waals surface area contributed by atoms with E-state index in [0.717, 1.165) is 19.5 Å². The molecule has 1 N–H and O–H groups in total. The third kappa shape index (κ3) is 1.92. The van der Waals surface area contributed by atoms with Crippen molar-refractivity contribution in [2.24, 2.45) is 5.41 Å². The SMILES string of the molecule is CCCNCC1(C#N)COC1. The largest absolute Gasteiger partial charge is 0.378 e. The average molecular weight is 154 g/mol. The van der Waals surface area contributed by atoms with Crippen LogP contribution in [0.15, 0.2) is 0 Å². The van der Waals surface area contributed by atoms with E-state index < -0.39 is 0 Å². The summed E-state index contributed by atoms with van der Waals surface area (Å²) >= 11 is 0. The molecule has 3 nitrogen and oxygen atoms in total. The molecular formula is C8H14N2O. The second-order valence-corrected chi connectivity index (χ2v) is 3.06. The van der Waals surface area contributed by atoms with Crippen LogP contribution in [0.5, 0.6) is 0 Å². The molecule has 1 saturated heterocycles. The lowest BCUT2D eigenvalue weighted by molar-refractivity contribution is -0.0753. The molecule has 1 rings (SSSR count). The minimum Gasteiger partial charge on any atom is -0.378 e. The van der Waals surface area contributed by atoms with Gasteiger partial charge in [0, 0.05) is 6.54 Å². The van der Waals surface area contributed by atoms with Gasteiger partial charge in [-0.05, 0) is 13.0 Å². The second kappa shape index (κ2) is 3.70. The number of rotatable bonds is 4. The molecule has 0 bridgehead atoms. The van der Waals surface area contributed by atoms with Gasteiger partial charge in [-0.2, -0.15) is 5.26 Å². The molecule has 0 aromatic rings. The van der Waals surface area contributed by atoms with Crippen LogP contribution in [0.2, 0.25) is 0 Å². The maximum absolute atomic E-state index is 8.77. The summed E-state index contributed by atoms with van der Waals surface area (Å²) in [6, 6.07) is 2.29. The van der Waals surface area contributed by atoms with Crippen LogP contribution in [0.4, 0.5) is 0 Å². The predicted molar refractivity (Wildman–Crippen MR) is 42.0 cm³/mol. The normalized spacial score (nSPS) is 20.4. The van der Waals surface area contributed by atoms with Crippen molar-refractivity contribution in [2.45, 2.75) is 13.3 Å². The van der Waals surface area contributed by atoms with E-state index in [1.807, 2.05) is 0 Å². The zero-order valence-corrected chi connectivity index (χ0v) is 6.89. The first kappa shape index (κ1) is 8.51. The van der Waals surface area contributed by atoms with Crippen LogP contribution in [0.25, 0.3) is 0 Å². The fourth-order valence-corrected chi connectivity index (χ4v) is 1.06. The maximum Gasteiger partial charge on any atom is 0.116 e. The van der Waals surface area contributed by atoms with Crippen molar-refractivity contribution in [3.63, 3.8) is 0 Å². The Bertz CT molecular complexity index is 158. The van der Waals surface area contributed by atoms with E-state index in [4.69, 9.17) is 10.00 Å². The van der Waals surface area contributed by atoms with Crippen LogP contribution in [-0.2, 0) is 4.74 Å². The van der Waals surface area contributed by atoms with Crippen LogP contribution in [0, 0.1) is 16.7 Å². The van der Waals surface area contributed by atoms with Gasteiger partial charge in [-0.1, -0.05) is 6.92 Å². The Morgan fingerprint density at radius 2 is 2.36 bits per heavy atom. The lowest BCUT2D eigenvalue weighted by Crippen LogP contribution is -2.48. The second-order valence-electron chi connectivity index (χ2n) is 3.06. The fourth-order valence-electron chi connectivity index (χ4n) is 1.06. The molecule has 0 unspecified atom stereocenters. The molecule has 0 amide bonds.